The van der Waals surface area contributed by atoms with E-state index < -0.39 is 17.6 Å². The number of nitrogens with zero attached hydrogens (tertiary/aromatic N) is 3. The first-order chi connectivity index (χ1) is 18.1. The van der Waals surface area contributed by atoms with Crippen LogP contribution in [0, 0.1) is 0 Å². The number of phenols is 1. The van der Waals surface area contributed by atoms with Gasteiger partial charge in [0.05, 0.1) is 5.56 Å². The lowest BCUT2D eigenvalue weighted by Gasteiger charge is -2.36. The molecular weight excluding hydrogens is 495 g/mol. The Bertz CT molecular complexity index is 1300. The molecule has 0 saturated carbocycles. The van der Waals surface area contributed by atoms with Crippen LogP contribution in [-0.2, 0) is 6.18 Å². The molecule has 200 valence electrons. The quantitative estimate of drug-likeness (QED) is 0.460. The number of hydrogen-bond donors (Lipinski definition) is 1. The largest absolute Gasteiger partial charge is 0.508 e. The molecule has 0 bridgehead atoms. The van der Waals surface area contributed by atoms with Crippen LogP contribution in [-0.4, -0.2) is 66.0 Å². The predicted octanol–water partition coefficient (Wildman–Crippen LogP) is 5.52. The summed E-state index contributed by atoms with van der Waals surface area (Å²) in [5, 5.41) is 9.77. The number of alkyl halides is 3. The molecule has 0 radical (unpaired) electrons. The minimum atomic E-state index is -4.63. The van der Waals surface area contributed by atoms with Crippen molar-refractivity contribution < 1.29 is 27.9 Å². The highest BCUT2D eigenvalue weighted by atomic mass is 19.4. The van der Waals surface area contributed by atoms with E-state index in [0.717, 1.165) is 17.8 Å². The lowest BCUT2D eigenvalue weighted by molar-refractivity contribution is -0.137. The number of rotatable bonds is 6. The summed E-state index contributed by atoms with van der Waals surface area (Å²) in [6.45, 7) is 6.84. The van der Waals surface area contributed by atoms with Gasteiger partial charge in [0.25, 0.3) is 11.8 Å². The monoisotopic (exact) mass is 525 g/mol. The van der Waals surface area contributed by atoms with Crippen molar-refractivity contribution in [3.8, 4) is 16.9 Å². The van der Waals surface area contributed by atoms with E-state index in [9.17, 15) is 27.9 Å². The number of hydrogen-bond acceptors (Lipinski definition) is 4. The highest BCUT2D eigenvalue weighted by Gasteiger charge is 2.33. The van der Waals surface area contributed by atoms with E-state index in [-0.39, 0.29) is 22.8 Å². The number of carbonyl (C=O) groups excluding carboxylic acids is 2. The van der Waals surface area contributed by atoms with Gasteiger partial charge in [0.1, 0.15) is 5.75 Å². The normalized spacial score (nSPS) is 13.9. The summed E-state index contributed by atoms with van der Waals surface area (Å²) >= 11 is 0. The maximum absolute atomic E-state index is 13.6. The van der Waals surface area contributed by atoms with Crippen LogP contribution >= 0.6 is 0 Å². The zero-order valence-electron chi connectivity index (χ0n) is 21.3. The third kappa shape index (κ3) is 5.93. The molecule has 1 aliphatic rings. The topological polar surface area (TPSA) is 64.1 Å². The van der Waals surface area contributed by atoms with Crippen LogP contribution in [0.1, 0.15) is 40.1 Å². The van der Waals surface area contributed by atoms with Crippen molar-refractivity contribution in [1.29, 1.82) is 0 Å². The van der Waals surface area contributed by atoms with Crippen LogP contribution < -0.4 is 4.90 Å². The lowest BCUT2D eigenvalue weighted by atomic mass is 9.98. The molecule has 1 aliphatic heterocycles. The van der Waals surface area contributed by atoms with Gasteiger partial charge >= 0.3 is 6.18 Å². The zero-order valence-corrected chi connectivity index (χ0v) is 21.3. The number of carbonyl (C=O) groups is 2. The number of amides is 2. The molecule has 3 aromatic rings. The Morgan fingerprint density at radius 3 is 2.08 bits per heavy atom. The van der Waals surface area contributed by atoms with Gasteiger partial charge in [-0.15, -0.1) is 0 Å². The van der Waals surface area contributed by atoms with Gasteiger partial charge in [-0.1, -0.05) is 12.1 Å². The predicted molar refractivity (Wildman–Crippen MR) is 140 cm³/mol. The van der Waals surface area contributed by atoms with Gasteiger partial charge in [-0.2, -0.15) is 13.2 Å². The average molecular weight is 526 g/mol. The Kier molecular flexibility index (Phi) is 7.94. The van der Waals surface area contributed by atoms with Crippen LogP contribution in [0.15, 0.2) is 66.7 Å². The third-order valence-corrected chi connectivity index (χ3v) is 6.78. The molecule has 0 aliphatic carbocycles. The number of phenolic OH excluding ortho intramolecular Hbond substituents is 1. The molecule has 1 saturated heterocycles. The summed E-state index contributed by atoms with van der Waals surface area (Å²) in [6.07, 6.45) is -4.63. The van der Waals surface area contributed by atoms with Gasteiger partial charge in [0, 0.05) is 56.1 Å². The van der Waals surface area contributed by atoms with E-state index in [1.807, 2.05) is 26.0 Å². The number of aromatic hydroxyl groups is 1. The van der Waals surface area contributed by atoms with Crippen LogP contribution in [0.3, 0.4) is 0 Å². The number of piperazine rings is 1. The molecular formula is C29H30F3N3O3. The molecule has 1 heterocycles. The molecule has 9 heteroatoms. The maximum Gasteiger partial charge on any atom is 0.416 e. The van der Waals surface area contributed by atoms with Gasteiger partial charge in [0.2, 0.25) is 0 Å². The third-order valence-electron chi connectivity index (χ3n) is 6.78. The first-order valence-corrected chi connectivity index (χ1v) is 12.6. The molecule has 4 rings (SSSR count). The Morgan fingerprint density at radius 2 is 1.50 bits per heavy atom. The van der Waals surface area contributed by atoms with E-state index in [1.54, 1.807) is 28.0 Å². The van der Waals surface area contributed by atoms with Crippen LogP contribution in [0.5, 0.6) is 5.75 Å². The number of anilines is 1. The fourth-order valence-corrected chi connectivity index (χ4v) is 4.63. The second-order valence-corrected chi connectivity index (χ2v) is 9.15. The maximum atomic E-state index is 13.6. The van der Waals surface area contributed by atoms with Gasteiger partial charge in [0.15, 0.2) is 0 Å². The lowest BCUT2D eigenvalue weighted by Crippen LogP contribution is -2.48. The number of halogens is 3. The van der Waals surface area contributed by atoms with Crippen molar-refractivity contribution >= 4 is 17.5 Å². The molecule has 2 amide bonds. The van der Waals surface area contributed by atoms with Crippen molar-refractivity contribution in [2.75, 3.05) is 44.2 Å². The van der Waals surface area contributed by atoms with Gasteiger partial charge < -0.3 is 19.8 Å². The average Bonchev–Trinajstić information content (AvgIpc) is 2.92. The molecule has 0 atom stereocenters. The summed E-state index contributed by atoms with van der Waals surface area (Å²) in [7, 11) is 0. The molecule has 0 aromatic heterocycles. The van der Waals surface area contributed by atoms with Gasteiger partial charge in [-0.05, 0) is 79.6 Å². The molecule has 0 unspecified atom stereocenters. The first-order valence-electron chi connectivity index (χ1n) is 12.6. The Hall–Kier alpha value is -4.01. The zero-order chi connectivity index (χ0) is 27.4. The van der Waals surface area contributed by atoms with E-state index in [0.29, 0.717) is 50.4 Å². The molecule has 1 N–H and O–H groups in total. The number of benzene rings is 3. The SMILES string of the molecule is CCN(CC)C(=O)c1ccc(N2CCN(C(=O)c3cc(-c4cccc(O)c4)cc(C(F)(F)F)c3)CC2)cc1. The van der Waals surface area contributed by atoms with Gasteiger partial charge in [-0.3, -0.25) is 9.59 Å². The molecule has 0 spiro atoms. The Morgan fingerprint density at radius 1 is 0.842 bits per heavy atom. The van der Waals surface area contributed by atoms with E-state index in [1.165, 1.54) is 24.3 Å². The van der Waals surface area contributed by atoms with Gasteiger partial charge in [-0.25, -0.2) is 0 Å². The minimum absolute atomic E-state index is 0.0249. The summed E-state index contributed by atoms with van der Waals surface area (Å²) in [4.78, 5) is 31.2. The summed E-state index contributed by atoms with van der Waals surface area (Å²) in [5.41, 5.74) is 1.15. The summed E-state index contributed by atoms with van der Waals surface area (Å²) in [6, 6.07) is 16.6. The minimum Gasteiger partial charge on any atom is -0.508 e. The van der Waals surface area contributed by atoms with E-state index >= 15 is 0 Å². The highest BCUT2D eigenvalue weighted by Crippen LogP contribution is 2.34. The van der Waals surface area contributed by atoms with E-state index in [2.05, 4.69) is 4.90 Å². The van der Waals surface area contributed by atoms with Crippen molar-refractivity contribution in [3.05, 3.63) is 83.4 Å². The molecule has 38 heavy (non-hydrogen) atoms. The second kappa shape index (κ2) is 11.2. The smallest absolute Gasteiger partial charge is 0.416 e. The highest BCUT2D eigenvalue weighted by molar-refractivity contribution is 5.96. The first kappa shape index (κ1) is 27.0. The summed E-state index contributed by atoms with van der Waals surface area (Å²) in [5.74, 6) is -0.574. The summed E-state index contributed by atoms with van der Waals surface area (Å²) < 4.78 is 40.9. The fraction of sp³-hybridized carbons (Fsp3) is 0.310. The van der Waals surface area contributed by atoms with E-state index in [4.69, 9.17) is 0 Å². The van der Waals surface area contributed by atoms with Crippen molar-refractivity contribution in [2.24, 2.45) is 0 Å². The standard InChI is InChI=1S/C29H30F3N3O3/c1-3-33(4-2)27(37)20-8-10-25(11-9-20)34-12-14-35(15-13-34)28(38)23-16-22(17-24(18-23)29(30,31)32)21-6-5-7-26(36)19-21/h5-11,16-19,36H,3-4,12-15H2,1-2H3. The van der Waals surface area contributed by atoms with Crippen LogP contribution in [0.25, 0.3) is 11.1 Å². The Labute approximate surface area is 219 Å². The van der Waals surface area contributed by atoms with Crippen LogP contribution in [0.2, 0.25) is 0 Å². The Balaban J connectivity index is 1.49. The molecule has 6 nitrogen and oxygen atoms in total. The van der Waals surface area contributed by atoms with Crippen molar-refractivity contribution in [2.45, 2.75) is 20.0 Å². The molecule has 3 aromatic carbocycles. The van der Waals surface area contributed by atoms with Crippen molar-refractivity contribution in [1.82, 2.24) is 9.80 Å². The molecule has 1 fully saturated rings. The second-order valence-electron chi connectivity index (χ2n) is 9.15. The van der Waals surface area contributed by atoms with Crippen molar-refractivity contribution in [3.63, 3.8) is 0 Å². The van der Waals surface area contributed by atoms with Crippen LogP contribution in [0.4, 0.5) is 18.9 Å². The fourth-order valence-electron chi connectivity index (χ4n) is 4.63.